The van der Waals surface area contributed by atoms with Gasteiger partial charge in [-0.3, -0.25) is 0 Å². The number of nitriles is 1. The number of nitrogens with zero attached hydrogens (tertiary/aromatic N) is 3. The molecule has 4 nitrogen and oxygen atoms in total. The van der Waals surface area contributed by atoms with Crippen molar-refractivity contribution in [2.24, 2.45) is 11.8 Å². The van der Waals surface area contributed by atoms with E-state index in [1.165, 1.54) is 12.8 Å². The summed E-state index contributed by atoms with van der Waals surface area (Å²) in [4.78, 5) is 4.32. The van der Waals surface area contributed by atoms with Crippen molar-refractivity contribution in [3.8, 4) is 6.07 Å². The second-order valence-corrected chi connectivity index (χ2v) is 4.27. The molecule has 72 valence electrons. The number of hydrogen-bond acceptors (Lipinski definition) is 4. The third-order valence-corrected chi connectivity index (χ3v) is 2.93. The van der Waals surface area contributed by atoms with Crippen LogP contribution >= 0.6 is 0 Å². The van der Waals surface area contributed by atoms with Gasteiger partial charge in [-0.25, -0.2) is 0 Å². The molecule has 1 heterocycles. The molecule has 2 atom stereocenters. The first-order chi connectivity index (χ1) is 6.86. The fourth-order valence-electron chi connectivity index (χ4n) is 1.69. The predicted molar refractivity (Wildman–Crippen MR) is 47.2 cm³/mol. The fourth-order valence-corrected chi connectivity index (χ4v) is 1.69. The van der Waals surface area contributed by atoms with Crippen molar-refractivity contribution >= 4 is 0 Å². The molecular weight excluding hydrogens is 178 g/mol. The second kappa shape index (κ2) is 2.81. The molecule has 2 aliphatic carbocycles. The Morgan fingerprint density at radius 3 is 3.00 bits per heavy atom. The van der Waals surface area contributed by atoms with Crippen LogP contribution in [0.2, 0.25) is 0 Å². The molecule has 2 saturated carbocycles. The quantitative estimate of drug-likeness (QED) is 0.725. The molecule has 1 aromatic rings. The highest BCUT2D eigenvalue weighted by Gasteiger charge is 2.43. The lowest BCUT2D eigenvalue weighted by Gasteiger charge is -1.85. The monoisotopic (exact) mass is 189 g/mol. The van der Waals surface area contributed by atoms with Crippen LogP contribution in [0.15, 0.2) is 4.52 Å². The van der Waals surface area contributed by atoms with E-state index in [-0.39, 0.29) is 11.8 Å². The van der Waals surface area contributed by atoms with Gasteiger partial charge in [-0.1, -0.05) is 5.16 Å². The van der Waals surface area contributed by atoms with Gasteiger partial charge in [0.25, 0.3) is 0 Å². The van der Waals surface area contributed by atoms with Crippen LogP contribution in [0.5, 0.6) is 0 Å². The summed E-state index contributed by atoms with van der Waals surface area (Å²) in [7, 11) is 0. The number of hydrogen-bond donors (Lipinski definition) is 0. The first kappa shape index (κ1) is 7.98. The van der Waals surface area contributed by atoms with E-state index >= 15 is 0 Å². The molecule has 0 saturated heterocycles. The molecular formula is C10H11N3O. The second-order valence-electron chi connectivity index (χ2n) is 4.27. The van der Waals surface area contributed by atoms with Gasteiger partial charge in [0.1, 0.15) is 0 Å². The summed E-state index contributed by atoms with van der Waals surface area (Å²) < 4.78 is 5.14. The Bertz CT molecular complexity index is 388. The summed E-state index contributed by atoms with van der Waals surface area (Å²) in [6.45, 7) is 0. The van der Waals surface area contributed by atoms with Gasteiger partial charge in [0, 0.05) is 6.42 Å². The van der Waals surface area contributed by atoms with Gasteiger partial charge in [-0.05, 0) is 25.2 Å². The summed E-state index contributed by atoms with van der Waals surface area (Å²) in [6.07, 6.45) is 4.44. The summed E-state index contributed by atoms with van der Waals surface area (Å²) in [5.74, 6) is 2.62. The average molecular weight is 189 g/mol. The third-order valence-electron chi connectivity index (χ3n) is 2.93. The molecule has 0 amide bonds. The predicted octanol–water partition coefficient (Wildman–Crippen LogP) is 1.65. The summed E-state index contributed by atoms with van der Waals surface area (Å²) in [5, 5.41) is 12.6. The van der Waals surface area contributed by atoms with Gasteiger partial charge in [0.05, 0.1) is 17.9 Å². The Hall–Kier alpha value is -1.37. The molecule has 0 radical (unpaired) electrons. The summed E-state index contributed by atoms with van der Waals surface area (Å²) in [6, 6.07) is 2.22. The van der Waals surface area contributed by atoms with Crippen LogP contribution in [0.4, 0.5) is 0 Å². The molecule has 4 heteroatoms. The van der Waals surface area contributed by atoms with Gasteiger partial charge in [-0.15, -0.1) is 0 Å². The first-order valence-corrected chi connectivity index (χ1v) is 5.09. The van der Waals surface area contributed by atoms with Crippen LogP contribution in [0.1, 0.15) is 36.9 Å². The van der Waals surface area contributed by atoms with Crippen molar-refractivity contribution in [3.05, 3.63) is 11.7 Å². The summed E-state index contributed by atoms with van der Waals surface area (Å²) in [5.41, 5.74) is 0. The van der Waals surface area contributed by atoms with Gasteiger partial charge in [0.2, 0.25) is 5.89 Å². The van der Waals surface area contributed by atoms with Crippen molar-refractivity contribution in [1.82, 2.24) is 10.1 Å². The van der Waals surface area contributed by atoms with E-state index in [2.05, 4.69) is 16.2 Å². The van der Waals surface area contributed by atoms with Gasteiger partial charge < -0.3 is 4.52 Å². The Kier molecular flexibility index (Phi) is 1.60. The van der Waals surface area contributed by atoms with Crippen molar-refractivity contribution in [2.45, 2.75) is 31.6 Å². The zero-order valence-corrected chi connectivity index (χ0v) is 7.81. The maximum atomic E-state index is 8.66. The third kappa shape index (κ3) is 1.39. The normalized spacial score (nSPS) is 29.9. The van der Waals surface area contributed by atoms with E-state index in [1.807, 2.05) is 0 Å². The van der Waals surface area contributed by atoms with E-state index in [9.17, 15) is 0 Å². The average Bonchev–Trinajstić information content (AvgIpc) is 3.07. The van der Waals surface area contributed by atoms with Crippen LogP contribution < -0.4 is 0 Å². The lowest BCUT2D eigenvalue weighted by atomic mass is 10.3. The van der Waals surface area contributed by atoms with Crippen LogP contribution in [0.25, 0.3) is 0 Å². The molecule has 1 aromatic heterocycles. The minimum Gasteiger partial charge on any atom is -0.339 e. The minimum atomic E-state index is 0.115. The highest BCUT2D eigenvalue weighted by molar-refractivity contribution is 5.15. The molecule has 14 heavy (non-hydrogen) atoms. The molecule has 0 N–H and O–H groups in total. The standard InChI is InChI=1S/C10H11N3O/c11-5-7-4-8(7)10-12-9(13-14-10)3-6-1-2-6/h6-8H,1-4H2. The van der Waals surface area contributed by atoms with Crippen LogP contribution in [0.3, 0.4) is 0 Å². The molecule has 2 fully saturated rings. The van der Waals surface area contributed by atoms with Crippen LogP contribution in [-0.2, 0) is 6.42 Å². The maximum Gasteiger partial charge on any atom is 0.231 e. The fraction of sp³-hybridized carbons (Fsp3) is 0.700. The number of rotatable bonds is 3. The molecule has 0 aromatic carbocycles. The van der Waals surface area contributed by atoms with Crippen molar-refractivity contribution in [2.75, 3.05) is 0 Å². The van der Waals surface area contributed by atoms with E-state index in [1.54, 1.807) is 0 Å². The Labute approximate surface area is 81.9 Å². The smallest absolute Gasteiger partial charge is 0.231 e. The maximum absolute atomic E-state index is 8.66. The van der Waals surface area contributed by atoms with Crippen molar-refractivity contribution in [3.63, 3.8) is 0 Å². The molecule has 0 bridgehead atoms. The lowest BCUT2D eigenvalue weighted by molar-refractivity contribution is 0.371. The Balaban J connectivity index is 1.68. The number of aromatic nitrogens is 2. The van der Waals surface area contributed by atoms with E-state index < -0.39 is 0 Å². The first-order valence-electron chi connectivity index (χ1n) is 5.09. The minimum absolute atomic E-state index is 0.115. The molecule has 2 unspecified atom stereocenters. The van der Waals surface area contributed by atoms with Crippen molar-refractivity contribution in [1.29, 1.82) is 5.26 Å². The van der Waals surface area contributed by atoms with E-state index in [0.29, 0.717) is 5.89 Å². The molecule has 2 aliphatic rings. The molecule has 0 aliphatic heterocycles. The highest BCUT2D eigenvalue weighted by Crippen LogP contribution is 2.46. The van der Waals surface area contributed by atoms with E-state index in [4.69, 9.17) is 9.78 Å². The van der Waals surface area contributed by atoms with Gasteiger partial charge >= 0.3 is 0 Å². The van der Waals surface area contributed by atoms with Crippen molar-refractivity contribution < 1.29 is 4.52 Å². The topological polar surface area (TPSA) is 62.7 Å². The van der Waals surface area contributed by atoms with Gasteiger partial charge in [-0.2, -0.15) is 10.2 Å². The Morgan fingerprint density at radius 2 is 2.36 bits per heavy atom. The largest absolute Gasteiger partial charge is 0.339 e. The van der Waals surface area contributed by atoms with Gasteiger partial charge in [0.15, 0.2) is 5.82 Å². The SMILES string of the molecule is N#CC1CC1c1nc(CC2CC2)no1. The zero-order valence-electron chi connectivity index (χ0n) is 7.81. The van der Waals surface area contributed by atoms with E-state index in [0.717, 1.165) is 24.6 Å². The molecule has 3 rings (SSSR count). The Morgan fingerprint density at radius 1 is 1.50 bits per heavy atom. The van der Waals surface area contributed by atoms with Crippen LogP contribution in [-0.4, -0.2) is 10.1 Å². The highest BCUT2D eigenvalue weighted by atomic mass is 16.5. The van der Waals surface area contributed by atoms with Crippen LogP contribution in [0, 0.1) is 23.2 Å². The lowest BCUT2D eigenvalue weighted by Crippen LogP contribution is -1.90. The summed E-state index contributed by atoms with van der Waals surface area (Å²) >= 11 is 0. The zero-order chi connectivity index (χ0) is 9.54. The molecule has 0 spiro atoms.